The van der Waals surface area contributed by atoms with E-state index < -0.39 is 0 Å². The number of hydrogen-bond donors (Lipinski definition) is 3. The van der Waals surface area contributed by atoms with Gasteiger partial charge in [0.05, 0.1) is 18.6 Å². The maximum Gasteiger partial charge on any atom is 0.242 e. The Morgan fingerprint density at radius 2 is 2.53 bits per heavy atom. The van der Waals surface area contributed by atoms with Crippen LogP contribution in [0.25, 0.3) is 0 Å². The number of carbonyl (C=O) groups excluding carboxylic acids is 2. The van der Waals surface area contributed by atoms with Crippen molar-refractivity contribution < 1.29 is 9.59 Å². The largest absolute Gasteiger partial charge is 0.349 e. The highest BCUT2D eigenvalue weighted by atomic mass is 16.2. The summed E-state index contributed by atoms with van der Waals surface area (Å²) in [4.78, 5) is 29.1. The van der Waals surface area contributed by atoms with Crippen LogP contribution in [0.4, 0.5) is 0 Å². The molecule has 1 saturated heterocycles. The Morgan fingerprint density at radius 3 is 3.13 bits per heavy atom. The van der Waals surface area contributed by atoms with Gasteiger partial charge in [-0.1, -0.05) is 0 Å². The molecule has 2 heterocycles. The quantitative estimate of drug-likeness (QED) is 0.614. The van der Waals surface area contributed by atoms with Crippen LogP contribution in [0, 0.1) is 0 Å². The van der Waals surface area contributed by atoms with Crippen molar-refractivity contribution >= 4 is 11.8 Å². The van der Waals surface area contributed by atoms with Gasteiger partial charge >= 0.3 is 0 Å². The minimum atomic E-state index is -0.375. The number of hydrogen-bond acceptors (Lipinski definition) is 3. The molecule has 80 valence electrons. The lowest BCUT2D eigenvalue weighted by Crippen LogP contribution is -2.41. The van der Waals surface area contributed by atoms with E-state index in [1.807, 2.05) is 0 Å². The van der Waals surface area contributed by atoms with E-state index in [-0.39, 0.29) is 17.9 Å². The predicted molar refractivity (Wildman–Crippen MR) is 51.6 cm³/mol. The number of nitrogens with one attached hydrogen (secondary N) is 3. The highest BCUT2D eigenvalue weighted by Crippen LogP contribution is 2.06. The lowest BCUT2D eigenvalue weighted by atomic mass is 10.2. The Hall–Kier alpha value is -1.85. The molecule has 1 aliphatic heterocycles. The van der Waals surface area contributed by atoms with Gasteiger partial charge in [0, 0.05) is 12.6 Å². The van der Waals surface area contributed by atoms with Gasteiger partial charge in [-0.2, -0.15) is 0 Å². The number of rotatable bonds is 3. The third-order valence-electron chi connectivity index (χ3n) is 2.32. The topological polar surface area (TPSA) is 86.9 Å². The maximum atomic E-state index is 11.5. The summed E-state index contributed by atoms with van der Waals surface area (Å²) in [6.07, 6.45) is 4.21. The number of aromatic nitrogens is 2. The van der Waals surface area contributed by atoms with E-state index in [4.69, 9.17) is 0 Å². The molecule has 2 amide bonds. The van der Waals surface area contributed by atoms with Crippen LogP contribution in [0.1, 0.15) is 18.5 Å². The molecule has 1 aliphatic rings. The first-order valence-electron chi connectivity index (χ1n) is 4.80. The summed E-state index contributed by atoms with van der Waals surface area (Å²) in [5, 5.41) is 5.33. The second-order valence-electron chi connectivity index (χ2n) is 3.45. The van der Waals surface area contributed by atoms with E-state index in [9.17, 15) is 9.59 Å². The number of imidazole rings is 1. The fourth-order valence-electron chi connectivity index (χ4n) is 1.50. The maximum absolute atomic E-state index is 11.5. The molecule has 1 fully saturated rings. The summed E-state index contributed by atoms with van der Waals surface area (Å²) in [6.45, 7) is 0.408. The fraction of sp³-hybridized carbons (Fsp3) is 0.444. The SMILES string of the molecule is O=C1CC[C@H](C(=O)NCc2cnc[nH]2)N1. The van der Waals surface area contributed by atoms with E-state index >= 15 is 0 Å². The van der Waals surface area contributed by atoms with Crippen LogP contribution in [0.5, 0.6) is 0 Å². The fourth-order valence-corrected chi connectivity index (χ4v) is 1.50. The zero-order valence-electron chi connectivity index (χ0n) is 8.12. The van der Waals surface area contributed by atoms with Crippen LogP contribution < -0.4 is 10.6 Å². The molecule has 1 aromatic heterocycles. The van der Waals surface area contributed by atoms with Crippen LogP contribution in [0.3, 0.4) is 0 Å². The van der Waals surface area contributed by atoms with Crippen molar-refractivity contribution in [2.75, 3.05) is 0 Å². The van der Waals surface area contributed by atoms with Gasteiger partial charge in [0.1, 0.15) is 6.04 Å². The van der Waals surface area contributed by atoms with E-state index in [0.29, 0.717) is 19.4 Å². The molecule has 0 aromatic carbocycles. The van der Waals surface area contributed by atoms with Crippen molar-refractivity contribution in [3.63, 3.8) is 0 Å². The van der Waals surface area contributed by atoms with Gasteiger partial charge in [0.25, 0.3) is 0 Å². The molecule has 0 bridgehead atoms. The highest BCUT2D eigenvalue weighted by Gasteiger charge is 2.26. The normalized spacial score (nSPS) is 20.0. The van der Waals surface area contributed by atoms with Gasteiger partial charge in [-0.3, -0.25) is 9.59 Å². The van der Waals surface area contributed by atoms with Gasteiger partial charge in [0.2, 0.25) is 11.8 Å². The molecular weight excluding hydrogens is 196 g/mol. The summed E-state index contributed by atoms with van der Waals surface area (Å²) in [7, 11) is 0. The van der Waals surface area contributed by atoms with Crippen molar-refractivity contribution in [1.82, 2.24) is 20.6 Å². The molecular formula is C9H12N4O2. The van der Waals surface area contributed by atoms with E-state index in [1.54, 1.807) is 12.5 Å². The third-order valence-corrected chi connectivity index (χ3v) is 2.32. The molecule has 3 N–H and O–H groups in total. The van der Waals surface area contributed by atoms with Crippen LogP contribution in [0.15, 0.2) is 12.5 Å². The average Bonchev–Trinajstić information content (AvgIpc) is 2.84. The second kappa shape index (κ2) is 4.12. The smallest absolute Gasteiger partial charge is 0.242 e. The molecule has 0 spiro atoms. The van der Waals surface area contributed by atoms with Crippen molar-refractivity contribution in [3.05, 3.63) is 18.2 Å². The summed E-state index contributed by atoms with van der Waals surface area (Å²) in [5.74, 6) is -0.202. The summed E-state index contributed by atoms with van der Waals surface area (Å²) >= 11 is 0. The lowest BCUT2D eigenvalue weighted by Gasteiger charge is -2.09. The third kappa shape index (κ3) is 2.34. The molecule has 1 atom stereocenters. The number of nitrogens with zero attached hydrogens (tertiary/aromatic N) is 1. The number of aromatic amines is 1. The highest BCUT2D eigenvalue weighted by molar-refractivity contribution is 5.90. The van der Waals surface area contributed by atoms with Crippen molar-refractivity contribution in [2.45, 2.75) is 25.4 Å². The molecule has 1 aromatic rings. The Bertz CT molecular complexity index is 360. The monoisotopic (exact) mass is 208 g/mol. The average molecular weight is 208 g/mol. The zero-order valence-corrected chi connectivity index (χ0v) is 8.12. The number of H-pyrrole nitrogens is 1. The van der Waals surface area contributed by atoms with Crippen LogP contribution in [-0.2, 0) is 16.1 Å². The van der Waals surface area contributed by atoms with Crippen LogP contribution in [0.2, 0.25) is 0 Å². The molecule has 0 saturated carbocycles. The lowest BCUT2D eigenvalue weighted by molar-refractivity contribution is -0.125. The minimum Gasteiger partial charge on any atom is -0.349 e. The summed E-state index contributed by atoms with van der Waals surface area (Å²) in [5.41, 5.74) is 0.840. The number of carbonyl (C=O) groups is 2. The first kappa shape index (κ1) is 9.70. The first-order chi connectivity index (χ1) is 7.25. The second-order valence-corrected chi connectivity index (χ2v) is 3.45. The van der Waals surface area contributed by atoms with Gasteiger partial charge in [-0.05, 0) is 6.42 Å². The molecule has 0 unspecified atom stereocenters. The van der Waals surface area contributed by atoms with Gasteiger partial charge in [0.15, 0.2) is 0 Å². The molecule has 0 radical (unpaired) electrons. The first-order valence-corrected chi connectivity index (χ1v) is 4.80. The molecule has 0 aliphatic carbocycles. The van der Waals surface area contributed by atoms with Crippen molar-refractivity contribution in [3.8, 4) is 0 Å². The molecule has 15 heavy (non-hydrogen) atoms. The van der Waals surface area contributed by atoms with E-state index in [1.165, 1.54) is 0 Å². The number of amides is 2. The van der Waals surface area contributed by atoms with Gasteiger partial charge < -0.3 is 15.6 Å². The summed E-state index contributed by atoms with van der Waals surface area (Å²) in [6, 6.07) is -0.375. The molecule has 2 rings (SSSR count). The predicted octanol–water partition coefficient (Wildman–Crippen LogP) is -0.696. The standard InChI is InChI=1S/C9H12N4O2/c14-8-2-1-7(13-8)9(15)11-4-6-3-10-5-12-6/h3,5,7H,1-2,4H2,(H,10,12)(H,11,15)(H,13,14)/t7-/m1/s1. The summed E-state index contributed by atoms with van der Waals surface area (Å²) < 4.78 is 0. The van der Waals surface area contributed by atoms with Crippen LogP contribution in [-0.4, -0.2) is 27.8 Å². The zero-order chi connectivity index (χ0) is 10.7. The molecule has 6 heteroatoms. The Kier molecular flexibility index (Phi) is 2.66. The van der Waals surface area contributed by atoms with E-state index in [0.717, 1.165) is 5.69 Å². The molecule has 6 nitrogen and oxygen atoms in total. The van der Waals surface area contributed by atoms with E-state index in [2.05, 4.69) is 20.6 Å². The van der Waals surface area contributed by atoms with Gasteiger partial charge in [-0.15, -0.1) is 0 Å². The van der Waals surface area contributed by atoms with Crippen molar-refractivity contribution in [1.29, 1.82) is 0 Å². The Morgan fingerprint density at radius 1 is 1.67 bits per heavy atom. The Labute approximate surface area is 86.5 Å². The van der Waals surface area contributed by atoms with Crippen LogP contribution >= 0.6 is 0 Å². The van der Waals surface area contributed by atoms with Crippen molar-refractivity contribution in [2.24, 2.45) is 0 Å². The Balaban J connectivity index is 1.80. The minimum absolute atomic E-state index is 0.0586. The van der Waals surface area contributed by atoms with Gasteiger partial charge in [-0.25, -0.2) is 4.98 Å².